The highest BCUT2D eigenvalue weighted by atomic mass is 32.1. The van der Waals surface area contributed by atoms with Gasteiger partial charge in [-0.05, 0) is 24.3 Å². The quantitative estimate of drug-likeness (QED) is 0.609. The lowest BCUT2D eigenvalue weighted by Gasteiger charge is -2.10. The van der Waals surface area contributed by atoms with Crippen LogP contribution in [0.2, 0.25) is 0 Å². The Bertz CT molecular complexity index is 546. The molecule has 0 amide bonds. The monoisotopic (exact) mass is 322 g/mol. The summed E-state index contributed by atoms with van der Waals surface area (Å²) in [5, 5.41) is 12.1. The van der Waals surface area contributed by atoms with Crippen LogP contribution in [0.1, 0.15) is 22.5 Å². The number of nitrogens with zero attached hydrogens (tertiary/aromatic N) is 2. The molecule has 0 aromatic carbocycles. The average Bonchev–Trinajstić information content (AvgIpc) is 3.17. The molecular formula is C15H22N4S2. The molecule has 2 N–H and O–H groups in total. The van der Waals surface area contributed by atoms with Crippen molar-refractivity contribution in [2.24, 2.45) is 4.99 Å². The minimum absolute atomic E-state index is 0.853. The van der Waals surface area contributed by atoms with E-state index in [0.717, 1.165) is 38.3 Å². The summed E-state index contributed by atoms with van der Waals surface area (Å²) in [5.41, 5.74) is 1.17. The molecular weight excluding hydrogens is 300 g/mol. The maximum Gasteiger partial charge on any atom is 0.191 e. The lowest BCUT2D eigenvalue weighted by Crippen LogP contribution is -2.39. The van der Waals surface area contributed by atoms with Crippen molar-refractivity contribution >= 4 is 28.6 Å². The first kappa shape index (κ1) is 16.0. The van der Waals surface area contributed by atoms with Crippen LogP contribution in [0, 0.1) is 0 Å². The number of aromatic nitrogens is 1. The first-order chi connectivity index (χ1) is 10.3. The number of hydrogen-bond donors (Lipinski definition) is 2. The SMILES string of the molecule is CCc1nc(CCNC(=NC)NCCc2cccs2)cs1. The molecule has 114 valence electrons. The zero-order chi connectivity index (χ0) is 14.9. The summed E-state index contributed by atoms with van der Waals surface area (Å²) in [6.45, 7) is 3.89. The molecule has 2 aromatic heterocycles. The second-order valence-corrected chi connectivity index (χ2v) is 6.57. The van der Waals surface area contributed by atoms with E-state index in [2.05, 4.69) is 50.4 Å². The predicted octanol–water partition coefficient (Wildman–Crippen LogP) is 2.72. The Morgan fingerprint density at radius 2 is 2.05 bits per heavy atom. The van der Waals surface area contributed by atoms with E-state index in [1.165, 1.54) is 15.6 Å². The largest absolute Gasteiger partial charge is 0.356 e. The first-order valence-corrected chi connectivity index (χ1v) is 8.98. The van der Waals surface area contributed by atoms with Crippen LogP contribution in [0.3, 0.4) is 0 Å². The fourth-order valence-corrected chi connectivity index (χ4v) is 3.40. The molecule has 0 spiro atoms. The molecule has 4 nitrogen and oxygen atoms in total. The lowest BCUT2D eigenvalue weighted by atomic mass is 10.3. The van der Waals surface area contributed by atoms with E-state index in [4.69, 9.17) is 0 Å². The summed E-state index contributed by atoms with van der Waals surface area (Å²) in [4.78, 5) is 10.2. The van der Waals surface area contributed by atoms with Crippen molar-refractivity contribution in [3.8, 4) is 0 Å². The van der Waals surface area contributed by atoms with Gasteiger partial charge in [-0.15, -0.1) is 22.7 Å². The van der Waals surface area contributed by atoms with Crippen LogP contribution in [0.5, 0.6) is 0 Å². The topological polar surface area (TPSA) is 49.3 Å². The molecule has 0 saturated carbocycles. The van der Waals surface area contributed by atoms with Crippen LogP contribution in [0.15, 0.2) is 27.9 Å². The van der Waals surface area contributed by atoms with E-state index >= 15 is 0 Å². The number of aryl methyl sites for hydroxylation is 1. The number of thiophene rings is 1. The molecule has 0 aliphatic heterocycles. The van der Waals surface area contributed by atoms with Gasteiger partial charge in [0.15, 0.2) is 5.96 Å². The van der Waals surface area contributed by atoms with Crippen LogP contribution < -0.4 is 10.6 Å². The molecule has 0 radical (unpaired) electrons. The zero-order valence-corrected chi connectivity index (χ0v) is 14.2. The standard InChI is InChI=1S/C15H22N4S2/c1-3-14-19-12(11-21-14)6-8-17-15(16-2)18-9-7-13-5-4-10-20-13/h4-5,10-11H,3,6-9H2,1-2H3,(H2,16,17,18). The summed E-state index contributed by atoms with van der Waals surface area (Å²) in [5.74, 6) is 0.859. The molecule has 0 bridgehead atoms. The molecule has 2 heterocycles. The maximum absolute atomic E-state index is 4.57. The fraction of sp³-hybridized carbons (Fsp3) is 0.467. The Kier molecular flexibility index (Phi) is 6.69. The molecule has 0 aliphatic carbocycles. The van der Waals surface area contributed by atoms with E-state index in [1.54, 1.807) is 29.7 Å². The van der Waals surface area contributed by atoms with Gasteiger partial charge in [-0.25, -0.2) is 4.98 Å². The van der Waals surface area contributed by atoms with E-state index in [1.807, 2.05) is 0 Å². The fourth-order valence-electron chi connectivity index (χ4n) is 1.91. The van der Waals surface area contributed by atoms with Crippen molar-refractivity contribution in [2.75, 3.05) is 20.1 Å². The van der Waals surface area contributed by atoms with E-state index in [0.29, 0.717) is 0 Å². The highest BCUT2D eigenvalue weighted by Gasteiger charge is 2.02. The minimum atomic E-state index is 0.853. The number of guanidine groups is 1. The first-order valence-electron chi connectivity index (χ1n) is 7.22. The van der Waals surface area contributed by atoms with Crippen molar-refractivity contribution in [1.29, 1.82) is 0 Å². The van der Waals surface area contributed by atoms with Gasteiger partial charge in [0.05, 0.1) is 10.7 Å². The molecule has 0 fully saturated rings. The van der Waals surface area contributed by atoms with Crippen molar-refractivity contribution in [3.05, 3.63) is 38.5 Å². The average molecular weight is 323 g/mol. The molecule has 0 unspecified atom stereocenters. The van der Waals surface area contributed by atoms with Gasteiger partial charge in [-0.3, -0.25) is 4.99 Å². The number of hydrogen-bond acceptors (Lipinski definition) is 4. The Morgan fingerprint density at radius 1 is 1.24 bits per heavy atom. The number of thiazole rings is 1. The summed E-state index contributed by atoms with van der Waals surface area (Å²) in [6, 6.07) is 4.25. The van der Waals surface area contributed by atoms with Gasteiger partial charge in [-0.1, -0.05) is 13.0 Å². The van der Waals surface area contributed by atoms with Crippen molar-refractivity contribution in [3.63, 3.8) is 0 Å². The smallest absolute Gasteiger partial charge is 0.191 e. The van der Waals surface area contributed by atoms with Crippen LogP contribution in [0.4, 0.5) is 0 Å². The lowest BCUT2D eigenvalue weighted by molar-refractivity contribution is 0.779. The Balaban J connectivity index is 1.65. The normalized spacial score (nSPS) is 11.6. The summed E-state index contributed by atoms with van der Waals surface area (Å²) < 4.78 is 0. The zero-order valence-electron chi connectivity index (χ0n) is 12.6. The van der Waals surface area contributed by atoms with Gasteiger partial charge >= 0.3 is 0 Å². The predicted molar refractivity (Wildman–Crippen MR) is 92.6 cm³/mol. The molecule has 0 saturated heterocycles. The molecule has 6 heteroatoms. The van der Waals surface area contributed by atoms with E-state index < -0.39 is 0 Å². The highest BCUT2D eigenvalue weighted by Crippen LogP contribution is 2.10. The van der Waals surface area contributed by atoms with Gasteiger partial charge in [-0.2, -0.15) is 0 Å². The van der Waals surface area contributed by atoms with Gasteiger partial charge in [0, 0.05) is 36.8 Å². The molecule has 21 heavy (non-hydrogen) atoms. The highest BCUT2D eigenvalue weighted by molar-refractivity contribution is 7.10. The van der Waals surface area contributed by atoms with Crippen molar-refractivity contribution in [1.82, 2.24) is 15.6 Å². The van der Waals surface area contributed by atoms with E-state index in [-0.39, 0.29) is 0 Å². The minimum Gasteiger partial charge on any atom is -0.356 e. The second kappa shape index (κ2) is 8.79. The van der Waals surface area contributed by atoms with Crippen LogP contribution in [-0.2, 0) is 19.3 Å². The Morgan fingerprint density at radius 3 is 2.67 bits per heavy atom. The van der Waals surface area contributed by atoms with Crippen LogP contribution >= 0.6 is 22.7 Å². The van der Waals surface area contributed by atoms with Gasteiger partial charge < -0.3 is 10.6 Å². The van der Waals surface area contributed by atoms with Gasteiger partial charge in [0.25, 0.3) is 0 Å². The van der Waals surface area contributed by atoms with Gasteiger partial charge in [0.2, 0.25) is 0 Å². The second-order valence-electron chi connectivity index (χ2n) is 4.59. The van der Waals surface area contributed by atoms with Crippen molar-refractivity contribution in [2.45, 2.75) is 26.2 Å². The third-order valence-electron chi connectivity index (χ3n) is 3.04. The number of rotatable bonds is 7. The Hall–Kier alpha value is -1.40. The van der Waals surface area contributed by atoms with Gasteiger partial charge in [0.1, 0.15) is 0 Å². The maximum atomic E-state index is 4.57. The summed E-state index contributed by atoms with van der Waals surface area (Å²) >= 11 is 3.54. The van der Waals surface area contributed by atoms with E-state index in [9.17, 15) is 0 Å². The summed E-state index contributed by atoms with van der Waals surface area (Å²) in [7, 11) is 1.80. The third-order valence-corrected chi connectivity index (χ3v) is 5.02. The Labute approximate surface area is 134 Å². The van der Waals surface area contributed by atoms with Crippen LogP contribution in [-0.4, -0.2) is 31.1 Å². The van der Waals surface area contributed by atoms with Crippen molar-refractivity contribution < 1.29 is 0 Å². The molecule has 0 atom stereocenters. The van der Waals surface area contributed by atoms with Crippen LogP contribution in [0.25, 0.3) is 0 Å². The molecule has 0 aliphatic rings. The molecule has 2 rings (SSSR count). The molecule has 2 aromatic rings. The number of aliphatic imine (C=N–C) groups is 1. The number of nitrogens with one attached hydrogen (secondary N) is 2. The third kappa shape index (κ3) is 5.47. The summed E-state index contributed by atoms with van der Waals surface area (Å²) in [6.07, 6.45) is 2.98.